The van der Waals surface area contributed by atoms with Crippen molar-refractivity contribution in [3.05, 3.63) is 45.8 Å². The Balaban J connectivity index is 2.22. The number of hydrogen-bond donors (Lipinski definition) is 1. The third kappa shape index (κ3) is 3.05. The monoisotopic (exact) mass is 344 g/mol. The molecule has 0 atom stereocenters. The third-order valence-electron chi connectivity index (χ3n) is 2.75. The van der Waals surface area contributed by atoms with Crippen molar-refractivity contribution in [2.75, 3.05) is 0 Å². The number of sulfonamides is 1. The Morgan fingerprint density at radius 1 is 1.32 bits per heavy atom. The maximum absolute atomic E-state index is 12.2. The second-order valence-corrected chi connectivity index (χ2v) is 6.65. The lowest BCUT2D eigenvalue weighted by Gasteiger charge is -2.08. The highest BCUT2D eigenvalue weighted by molar-refractivity contribution is 9.10. The first-order chi connectivity index (χ1) is 8.92. The Morgan fingerprint density at radius 2 is 2.00 bits per heavy atom. The van der Waals surface area contributed by atoms with E-state index < -0.39 is 10.0 Å². The molecular weight excluding hydrogens is 332 g/mol. The lowest BCUT2D eigenvalue weighted by Crippen LogP contribution is -2.24. The summed E-state index contributed by atoms with van der Waals surface area (Å²) < 4.78 is 32.4. The van der Waals surface area contributed by atoms with Crippen molar-refractivity contribution in [1.29, 1.82) is 0 Å². The molecule has 0 fully saturated rings. The number of rotatable bonds is 4. The van der Waals surface area contributed by atoms with E-state index in [1.165, 1.54) is 0 Å². The van der Waals surface area contributed by atoms with Gasteiger partial charge in [0.25, 0.3) is 0 Å². The predicted octanol–water partition coefficient (Wildman–Crippen LogP) is 2.53. The van der Waals surface area contributed by atoms with Crippen molar-refractivity contribution < 1.29 is 12.9 Å². The van der Waals surface area contributed by atoms with E-state index in [0.717, 1.165) is 5.56 Å². The maximum Gasteiger partial charge on any atom is 0.241 e. The summed E-state index contributed by atoms with van der Waals surface area (Å²) in [6, 6.07) is 6.66. The number of nitrogens with one attached hydrogen (secondary N) is 1. The summed E-state index contributed by atoms with van der Waals surface area (Å²) in [5, 5.41) is 3.79. The van der Waals surface area contributed by atoms with Gasteiger partial charge in [-0.3, -0.25) is 0 Å². The predicted molar refractivity (Wildman–Crippen MR) is 74.1 cm³/mol. The van der Waals surface area contributed by atoms with Gasteiger partial charge in [-0.2, -0.15) is 0 Å². The Morgan fingerprint density at radius 3 is 2.58 bits per heavy atom. The van der Waals surface area contributed by atoms with Crippen LogP contribution in [-0.4, -0.2) is 13.6 Å². The van der Waals surface area contributed by atoms with Crippen LogP contribution in [0.3, 0.4) is 0 Å². The molecule has 0 radical (unpaired) electrons. The number of benzene rings is 1. The summed E-state index contributed by atoms with van der Waals surface area (Å²) in [5.41, 5.74) is 1.45. The van der Waals surface area contributed by atoms with Crippen molar-refractivity contribution in [2.24, 2.45) is 0 Å². The topological polar surface area (TPSA) is 72.2 Å². The first-order valence-electron chi connectivity index (χ1n) is 5.58. The van der Waals surface area contributed by atoms with Crippen LogP contribution in [0.2, 0.25) is 0 Å². The standard InChI is InChI=1S/C12H13BrN2O3S/c1-8-10(9(2)18-15-8)7-14-19(16,17)12-6-4-3-5-11(12)13/h3-6,14H,7H2,1-2H3. The Kier molecular flexibility index (Phi) is 4.07. The van der Waals surface area contributed by atoms with Gasteiger partial charge in [0.15, 0.2) is 0 Å². The number of hydrogen-bond acceptors (Lipinski definition) is 4. The molecule has 2 aromatic rings. The average molecular weight is 345 g/mol. The van der Waals surface area contributed by atoms with Crippen molar-refractivity contribution in [1.82, 2.24) is 9.88 Å². The number of nitrogens with zero attached hydrogens (tertiary/aromatic N) is 1. The molecule has 0 aliphatic heterocycles. The lowest BCUT2D eigenvalue weighted by molar-refractivity contribution is 0.392. The SMILES string of the molecule is Cc1noc(C)c1CNS(=O)(=O)c1ccccc1Br. The van der Waals surface area contributed by atoms with Gasteiger partial charge in [-0.1, -0.05) is 17.3 Å². The second-order valence-electron chi connectivity index (χ2n) is 4.06. The summed E-state index contributed by atoms with van der Waals surface area (Å²) in [6.45, 7) is 3.69. The maximum atomic E-state index is 12.2. The minimum Gasteiger partial charge on any atom is -0.361 e. The highest BCUT2D eigenvalue weighted by Gasteiger charge is 2.18. The second kappa shape index (κ2) is 5.44. The average Bonchev–Trinajstić information content (AvgIpc) is 2.67. The Hall–Kier alpha value is -1.18. The minimum absolute atomic E-state index is 0.158. The van der Waals surface area contributed by atoms with Crippen LogP contribution in [0.15, 0.2) is 38.2 Å². The molecule has 0 bridgehead atoms. The van der Waals surface area contributed by atoms with E-state index in [1.54, 1.807) is 38.1 Å². The molecule has 1 aromatic heterocycles. The van der Waals surface area contributed by atoms with Gasteiger partial charge in [-0.25, -0.2) is 13.1 Å². The molecule has 1 N–H and O–H groups in total. The fourth-order valence-corrected chi connectivity index (χ4v) is 3.66. The molecule has 0 saturated heterocycles. The molecule has 0 aliphatic carbocycles. The van der Waals surface area contributed by atoms with Crippen molar-refractivity contribution in [3.8, 4) is 0 Å². The van der Waals surface area contributed by atoms with E-state index in [1.807, 2.05) is 0 Å². The molecule has 19 heavy (non-hydrogen) atoms. The summed E-state index contributed by atoms with van der Waals surface area (Å²) in [6.07, 6.45) is 0. The van der Waals surface area contributed by atoms with Gasteiger partial charge in [-0.15, -0.1) is 0 Å². The van der Waals surface area contributed by atoms with Gasteiger partial charge in [0, 0.05) is 16.6 Å². The first-order valence-corrected chi connectivity index (χ1v) is 7.85. The highest BCUT2D eigenvalue weighted by atomic mass is 79.9. The molecule has 7 heteroatoms. The fraction of sp³-hybridized carbons (Fsp3) is 0.250. The number of aromatic nitrogens is 1. The quantitative estimate of drug-likeness (QED) is 0.924. The van der Waals surface area contributed by atoms with Gasteiger partial charge < -0.3 is 4.52 Å². The van der Waals surface area contributed by atoms with Crippen molar-refractivity contribution in [2.45, 2.75) is 25.3 Å². The molecule has 0 spiro atoms. The molecule has 0 unspecified atom stereocenters. The summed E-state index contributed by atoms with van der Waals surface area (Å²) in [7, 11) is -3.57. The molecule has 1 heterocycles. The third-order valence-corrected chi connectivity index (χ3v) is 5.16. The van der Waals surface area contributed by atoms with E-state index in [-0.39, 0.29) is 11.4 Å². The van der Waals surface area contributed by atoms with Crippen LogP contribution in [0.5, 0.6) is 0 Å². The van der Waals surface area contributed by atoms with Crippen molar-refractivity contribution in [3.63, 3.8) is 0 Å². The van der Waals surface area contributed by atoms with Gasteiger partial charge in [0.05, 0.1) is 10.6 Å². The molecule has 5 nitrogen and oxygen atoms in total. The summed E-state index contributed by atoms with van der Waals surface area (Å²) >= 11 is 3.23. The zero-order chi connectivity index (χ0) is 14.0. The smallest absolute Gasteiger partial charge is 0.241 e. The fourth-order valence-electron chi connectivity index (χ4n) is 1.66. The van der Waals surface area contributed by atoms with Crippen LogP contribution in [0.4, 0.5) is 0 Å². The van der Waals surface area contributed by atoms with Gasteiger partial charge >= 0.3 is 0 Å². The first kappa shape index (κ1) is 14.2. The van der Waals surface area contributed by atoms with Crippen LogP contribution >= 0.6 is 15.9 Å². The lowest BCUT2D eigenvalue weighted by atomic mass is 10.2. The molecule has 2 rings (SSSR count). The largest absolute Gasteiger partial charge is 0.361 e. The van der Waals surface area contributed by atoms with Crippen LogP contribution in [0.1, 0.15) is 17.0 Å². The number of halogens is 1. The van der Waals surface area contributed by atoms with E-state index in [4.69, 9.17) is 4.52 Å². The zero-order valence-corrected chi connectivity index (χ0v) is 12.9. The van der Waals surface area contributed by atoms with Crippen LogP contribution < -0.4 is 4.72 Å². The molecule has 102 valence electrons. The molecule has 0 amide bonds. The Labute approximate surface area is 120 Å². The minimum atomic E-state index is -3.57. The van der Waals surface area contributed by atoms with Gasteiger partial charge in [0.2, 0.25) is 10.0 Å². The van der Waals surface area contributed by atoms with E-state index in [0.29, 0.717) is 15.9 Å². The molecule has 1 aromatic carbocycles. The Bertz CT molecular complexity index is 675. The van der Waals surface area contributed by atoms with Crippen LogP contribution in [0.25, 0.3) is 0 Å². The van der Waals surface area contributed by atoms with Crippen molar-refractivity contribution >= 4 is 26.0 Å². The van der Waals surface area contributed by atoms with E-state index in [2.05, 4.69) is 25.8 Å². The van der Waals surface area contributed by atoms with Gasteiger partial charge in [0.1, 0.15) is 5.76 Å². The van der Waals surface area contributed by atoms with E-state index >= 15 is 0 Å². The van der Waals surface area contributed by atoms with Crippen LogP contribution in [-0.2, 0) is 16.6 Å². The molecule has 0 aliphatic rings. The normalized spacial score (nSPS) is 11.7. The molecular formula is C12H13BrN2O3S. The zero-order valence-electron chi connectivity index (χ0n) is 10.5. The molecule has 0 saturated carbocycles. The summed E-state index contributed by atoms with van der Waals surface area (Å²) in [5.74, 6) is 0.618. The highest BCUT2D eigenvalue weighted by Crippen LogP contribution is 2.21. The number of aryl methyl sites for hydroxylation is 2. The van der Waals surface area contributed by atoms with Crippen LogP contribution in [0, 0.1) is 13.8 Å². The van der Waals surface area contributed by atoms with E-state index in [9.17, 15) is 8.42 Å². The van der Waals surface area contributed by atoms with Gasteiger partial charge in [-0.05, 0) is 41.9 Å². The summed E-state index contributed by atoms with van der Waals surface area (Å²) in [4.78, 5) is 0.210.